The summed E-state index contributed by atoms with van der Waals surface area (Å²) in [6.45, 7) is 1.47. The summed E-state index contributed by atoms with van der Waals surface area (Å²) < 4.78 is 70.6. The zero-order valence-electron chi connectivity index (χ0n) is 12.9. The second kappa shape index (κ2) is 6.06. The Balaban J connectivity index is 2.07. The van der Waals surface area contributed by atoms with Crippen LogP contribution in [0.2, 0.25) is 5.02 Å². The lowest BCUT2D eigenvalue weighted by atomic mass is 10.2. The molecule has 0 aliphatic rings. The third-order valence-corrected chi connectivity index (χ3v) is 5.38. The predicted molar refractivity (Wildman–Crippen MR) is 88.8 cm³/mol. The van der Waals surface area contributed by atoms with E-state index in [1.807, 2.05) is 4.72 Å². The van der Waals surface area contributed by atoms with Crippen molar-refractivity contribution in [1.29, 1.82) is 0 Å². The zero-order chi connectivity index (χ0) is 19.3. The zero-order valence-corrected chi connectivity index (χ0v) is 14.5. The van der Waals surface area contributed by atoms with Crippen LogP contribution in [0.3, 0.4) is 0 Å². The summed E-state index contributed by atoms with van der Waals surface area (Å²) in [7, 11) is -4.29. The topological polar surface area (TPSA) is 92.2 Å². The Bertz CT molecular complexity index is 1170. The van der Waals surface area contributed by atoms with Gasteiger partial charge in [-0.25, -0.2) is 13.2 Å². The molecule has 2 N–H and O–H groups in total. The average Bonchev–Trinajstić information content (AvgIpc) is 2.86. The Morgan fingerprint density at radius 1 is 1.19 bits per heavy atom. The lowest BCUT2D eigenvalue weighted by Crippen LogP contribution is -2.15. The number of hydrogen-bond acceptors (Lipinski definition) is 4. The Hall–Kier alpha value is -2.46. The monoisotopic (exact) mass is 406 g/mol. The van der Waals surface area contributed by atoms with Crippen molar-refractivity contribution < 1.29 is 26.0 Å². The van der Waals surface area contributed by atoms with E-state index < -0.39 is 33.2 Å². The number of oxazole rings is 1. The van der Waals surface area contributed by atoms with E-state index in [4.69, 9.17) is 16.0 Å². The van der Waals surface area contributed by atoms with E-state index in [1.54, 1.807) is 0 Å². The molecule has 0 saturated heterocycles. The third kappa shape index (κ3) is 3.42. The van der Waals surface area contributed by atoms with Gasteiger partial charge >= 0.3 is 11.9 Å². The number of fused-ring (bicyclic) bond motifs is 1. The van der Waals surface area contributed by atoms with Crippen LogP contribution in [-0.4, -0.2) is 13.4 Å². The van der Waals surface area contributed by atoms with Crippen LogP contribution in [0, 0.1) is 6.92 Å². The number of aromatic amines is 1. The van der Waals surface area contributed by atoms with E-state index >= 15 is 0 Å². The number of aromatic nitrogens is 1. The lowest BCUT2D eigenvalue weighted by Gasteiger charge is -2.14. The van der Waals surface area contributed by atoms with Crippen LogP contribution in [0.25, 0.3) is 11.1 Å². The fourth-order valence-corrected chi connectivity index (χ4v) is 3.89. The molecule has 0 aliphatic carbocycles. The number of anilines is 1. The van der Waals surface area contributed by atoms with Gasteiger partial charge in [0.25, 0.3) is 10.0 Å². The van der Waals surface area contributed by atoms with Gasteiger partial charge in [-0.15, -0.1) is 0 Å². The molecule has 1 aromatic heterocycles. The molecule has 11 heteroatoms. The number of sulfonamides is 1. The van der Waals surface area contributed by atoms with Crippen LogP contribution >= 0.6 is 11.6 Å². The van der Waals surface area contributed by atoms with Crippen LogP contribution in [-0.2, 0) is 16.2 Å². The molecule has 0 atom stereocenters. The maximum atomic E-state index is 12.8. The van der Waals surface area contributed by atoms with Crippen molar-refractivity contribution in [2.24, 2.45) is 0 Å². The minimum Gasteiger partial charge on any atom is -0.408 e. The Morgan fingerprint density at radius 2 is 1.88 bits per heavy atom. The molecule has 0 unspecified atom stereocenters. The number of H-pyrrole nitrogens is 1. The first-order valence-electron chi connectivity index (χ1n) is 7.00. The summed E-state index contributed by atoms with van der Waals surface area (Å²) >= 11 is 5.82. The van der Waals surface area contributed by atoms with E-state index in [0.29, 0.717) is 11.6 Å². The van der Waals surface area contributed by atoms with Gasteiger partial charge < -0.3 is 4.42 Å². The maximum Gasteiger partial charge on any atom is 0.417 e. The molecule has 0 fully saturated rings. The standard InChI is InChI=1S/C15H10ClF3N2O4S/c1-7-4-11-12(25-14(22)20-11)6-13(7)26(23,24)21-10-5-8(15(17,18)19)2-3-9(10)16/h2-6,21H,1H3,(H,20,22). The Kier molecular flexibility index (Phi) is 4.27. The van der Waals surface area contributed by atoms with E-state index in [0.717, 1.165) is 18.2 Å². The number of nitrogens with one attached hydrogen (secondary N) is 2. The normalized spacial score (nSPS) is 12.5. The SMILES string of the molecule is Cc1cc2[nH]c(=O)oc2cc1S(=O)(=O)Nc1cc(C(F)(F)F)ccc1Cl. The predicted octanol–water partition coefficient (Wildman–Crippen LogP) is 3.90. The van der Waals surface area contributed by atoms with Crippen molar-refractivity contribution in [2.75, 3.05) is 4.72 Å². The van der Waals surface area contributed by atoms with Gasteiger partial charge in [-0.05, 0) is 36.8 Å². The molecule has 0 radical (unpaired) electrons. The second-order valence-corrected chi connectivity index (χ2v) is 7.48. The summed E-state index contributed by atoms with van der Waals surface area (Å²) in [4.78, 5) is 13.3. The van der Waals surface area contributed by atoms with Crippen molar-refractivity contribution >= 4 is 38.4 Å². The van der Waals surface area contributed by atoms with E-state index in [2.05, 4.69) is 4.98 Å². The summed E-state index contributed by atoms with van der Waals surface area (Å²) in [6, 6.07) is 4.77. The molecule has 138 valence electrons. The second-order valence-electron chi connectivity index (χ2n) is 5.43. The number of halogens is 4. The first-order chi connectivity index (χ1) is 12.0. The third-order valence-electron chi connectivity index (χ3n) is 3.54. The fourth-order valence-electron chi connectivity index (χ4n) is 2.36. The molecule has 2 aromatic carbocycles. The molecule has 0 bridgehead atoms. The van der Waals surface area contributed by atoms with Crippen LogP contribution in [0.1, 0.15) is 11.1 Å². The van der Waals surface area contributed by atoms with Crippen molar-refractivity contribution in [3.05, 3.63) is 57.0 Å². The number of rotatable bonds is 3. The van der Waals surface area contributed by atoms with Crippen molar-refractivity contribution in [2.45, 2.75) is 18.0 Å². The molecule has 1 heterocycles. The molecular weight excluding hydrogens is 397 g/mol. The van der Waals surface area contributed by atoms with Gasteiger partial charge in [0.1, 0.15) is 0 Å². The molecule has 6 nitrogen and oxygen atoms in total. The lowest BCUT2D eigenvalue weighted by molar-refractivity contribution is -0.137. The van der Waals surface area contributed by atoms with Gasteiger partial charge in [-0.1, -0.05) is 11.6 Å². The minimum absolute atomic E-state index is 0.00360. The molecule has 3 aromatic rings. The summed E-state index contributed by atoms with van der Waals surface area (Å²) in [6.07, 6.45) is -4.66. The van der Waals surface area contributed by atoms with Gasteiger partial charge in [-0.3, -0.25) is 9.71 Å². The summed E-state index contributed by atoms with van der Waals surface area (Å²) in [5.74, 6) is -0.761. The smallest absolute Gasteiger partial charge is 0.408 e. The van der Waals surface area contributed by atoms with E-state index in [-0.39, 0.29) is 21.1 Å². The van der Waals surface area contributed by atoms with Gasteiger partial charge in [-0.2, -0.15) is 13.2 Å². The first-order valence-corrected chi connectivity index (χ1v) is 8.86. The molecule has 3 rings (SSSR count). The highest BCUT2D eigenvalue weighted by Crippen LogP contribution is 2.35. The largest absolute Gasteiger partial charge is 0.417 e. The van der Waals surface area contributed by atoms with Crippen LogP contribution in [0.4, 0.5) is 18.9 Å². The fraction of sp³-hybridized carbons (Fsp3) is 0.133. The number of benzene rings is 2. The van der Waals surface area contributed by atoms with E-state index in [1.165, 1.54) is 13.0 Å². The Labute approximate surface area is 149 Å². The van der Waals surface area contributed by atoms with Crippen molar-refractivity contribution in [3.8, 4) is 0 Å². The van der Waals surface area contributed by atoms with Gasteiger partial charge in [0, 0.05) is 6.07 Å². The highest BCUT2D eigenvalue weighted by atomic mass is 35.5. The number of alkyl halides is 3. The highest BCUT2D eigenvalue weighted by Gasteiger charge is 2.31. The molecule has 0 aliphatic heterocycles. The molecule has 0 amide bonds. The van der Waals surface area contributed by atoms with Gasteiger partial charge in [0.05, 0.1) is 26.7 Å². The minimum atomic E-state index is -4.66. The van der Waals surface area contributed by atoms with E-state index in [9.17, 15) is 26.4 Å². The molecule has 0 spiro atoms. The average molecular weight is 407 g/mol. The van der Waals surface area contributed by atoms with Gasteiger partial charge in [0.15, 0.2) is 5.58 Å². The maximum absolute atomic E-state index is 12.8. The van der Waals surface area contributed by atoms with Crippen molar-refractivity contribution in [3.63, 3.8) is 0 Å². The van der Waals surface area contributed by atoms with Crippen LogP contribution in [0.15, 0.2) is 44.4 Å². The van der Waals surface area contributed by atoms with Crippen molar-refractivity contribution in [1.82, 2.24) is 4.98 Å². The first kappa shape index (κ1) is 18.3. The number of aryl methyl sites for hydroxylation is 1. The Morgan fingerprint density at radius 3 is 2.54 bits per heavy atom. The quantitative estimate of drug-likeness (QED) is 0.690. The molecule has 26 heavy (non-hydrogen) atoms. The molecule has 0 saturated carbocycles. The summed E-state index contributed by atoms with van der Waals surface area (Å²) in [5.41, 5.74) is -0.926. The van der Waals surface area contributed by atoms with Gasteiger partial charge in [0.2, 0.25) is 0 Å². The highest BCUT2D eigenvalue weighted by molar-refractivity contribution is 7.92. The summed E-state index contributed by atoms with van der Waals surface area (Å²) in [5, 5.41) is -0.200. The molecular formula is C15H10ClF3N2O4S. The van der Waals surface area contributed by atoms with Crippen LogP contribution in [0.5, 0.6) is 0 Å². The van der Waals surface area contributed by atoms with Crippen LogP contribution < -0.4 is 10.5 Å². The number of hydrogen-bond donors (Lipinski definition) is 2.